The number of amides is 3. The minimum Gasteiger partial charge on any atom is -0.391 e. The van der Waals surface area contributed by atoms with Crippen molar-refractivity contribution in [2.45, 2.75) is 77.2 Å². The van der Waals surface area contributed by atoms with Crippen LogP contribution in [-0.2, 0) is 9.53 Å². The Balaban J connectivity index is 1.45. The number of anilines is 1. The number of carbonyl (C=O) groups is 2. The van der Waals surface area contributed by atoms with Crippen LogP contribution < -0.4 is 5.32 Å². The van der Waals surface area contributed by atoms with Crippen LogP contribution in [0.5, 0.6) is 0 Å². The van der Waals surface area contributed by atoms with Gasteiger partial charge in [0, 0.05) is 63.2 Å². The van der Waals surface area contributed by atoms with Crippen LogP contribution in [0.4, 0.5) is 19.3 Å². The molecule has 1 aromatic rings. The van der Waals surface area contributed by atoms with E-state index in [1.807, 2.05) is 13.8 Å². The Morgan fingerprint density at radius 3 is 2.54 bits per heavy atom. The van der Waals surface area contributed by atoms with Gasteiger partial charge in [0.1, 0.15) is 0 Å². The fraction of sp³-hybridized carbons (Fsp3) is 0.733. The van der Waals surface area contributed by atoms with Crippen molar-refractivity contribution >= 4 is 40.8 Å². The lowest BCUT2D eigenvalue weighted by atomic mass is 9.80. The van der Waals surface area contributed by atoms with Crippen LogP contribution >= 0.6 is 23.2 Å². The van der Waals surface area contributed by atoms with Crippen LogP contribution in [0.3, 0.4) is 0 Å². The average Bonchev–Trinajstić information content (AvgIpc) is 2.91. The predicted octanol–water partition coefficient (Wildman–Crippen LogP) is 6.71. The first-order chi connectivity index (χ1) is 19.3. The van der Waals surface area contributed by atoms with Crippen molar-refractivity contribution in [1.29, 1.82) is 0 Å². The second kappa shape index (κ2) is 13.7. The molecule has 41 heavy (non-hydrogen) atoms. The molecule has 3 fully saturated rings. The fourth-order valence-corrected chi connectivity index (χ4v) is 6.50. The molecule has 0 bridgehead atoms. The number of hydrogen-bond acceptors (Lipinski definition) is 4. The number of fused-ring (bicyclic) bond motifs is 1. The van der Waals surface area contributed by atoms with Crippen molar-refractivity contribution in [1.82, 2.24) is 9.80 Å². The number of ether oxygens (including phenoxy) is 1. The minimum absolute atomic E-state index is 0.0106. The molecule has 11 heteroatoms. The van der Waals surface area contributed by atoms with E-state index in [0.29, 0.717) is 74.3 Å². The highest BCUT2D eigenvalue weighted by Crippen LogP contribution is 2.38. The third-order valence-corrected chi connectivity index (χ3v) is 9.83. The van der Waals surface area contributed by atoms with E-state index in [0.717, 1.165) is 12.8 Å². The predicted molar refractivity (Wildman–Crippen MR) is 157 cm³/mol. The molecule has 2 heterocycles. The molecule has 4 rings (SSSR count). The third kappa shape index (κ3) is 8.91. The van der Waals surface area contributed by atoms with Gasteiger partial charge in [-0.3, -0.25) is 4.79 Å². The molecule has 230 valence electrons. The molecule has 3 atom stereocenters. The summed E-state index contributed by atoms with van der Waals surface area (Å²) < 4.78 is 33.5. The van der Waals surface area contributed by atoms with E-state index < -0.39 is 17.4 Å². The maximum absolute atomic E-state index is 13.8. The lowest BCUT2D eigenvalue weighted by Gasteiger charge is -2.40. The SMILES string of the molecule is CC1(C)COCCC[C@H]2CN(C(=O)Nc3ccc(Cl)c(Cl)c3)CC[C@H]2CC(=O)N(CC2CCC(F)(F)CC2)C[C@@H]1O. The maximum Gasteiger partial charge on any atom is 0.321 e. The number of halogens is 4. The van der Waals surface area contributed by atoms with Gasteiger partial charge in [-0.05, 0) is 68.1 Å². The lowest BCUT2D eigenvalue weighted by molar-refractivity contribution is -0.137. The second-order valence-corrected chi connectivity index (χ2v) is 13.6. The Morgan fingerprint density at radius 2 is 1.83 bits per heavy atom. The van der Waals surface area contributed by atoms with E-state index in [1.54, 1.807) is 28.0 Å². The smallest absolute Gasteiger partial charge is 0.321 e. The maximum atomic E-state index is 13.8. The van der Waals surface area contributed by atoms with Crippen LogP contribution in [0.1, 0.15) is 65.2 Å². The highest BCUT2D eigenvalue weighted by Gasteiger charge is 2.39. The number of nitrogens with one attached hydrogen (secondary N) is 1. The first-order valence-corrected chi connectivity index (χ1v) is 15.5. The van der Waals surface area contributed by atoms with Crippen molar-refractivity contribution in [3.05, 3.63) is 28.2 Å². The molecule has 2 N–H and O–H groups in total. The number of benzene rings is 1. The summed E-state index contributed by atoms with van der Waals surface area (Å²) in [5.74, 6) is -2.53. The van der Waals surface area contributed by atoms with Gasteiger partial charge >= 0.3 is 6.03 Å². The Kier molecular flexibility index (Phi) is 10.8. The van der Waals surface area contributed by atoms with Crippen molar-refractivity contribution in [2.75, 3.05) is 44.7 Å². The van der Waals surface area contributed by atoms with Crippen LogP contribution in [0, 0.1) is 23.2 Å². The number of likely N-dealkylation sites (tertiary alicyclic amines) is 1. The van der Waals surface area contributed by atoms with Gasteiger partial charge in [-0.1, -0.05) is 37.0 Å². The van der Waals surface area contributed by atoms with Gasteiger partial charge < -0.3 is 25.0 Å². The molecule has 1 saturated carbocycles. The van der Waals surface area contributed by atoms with Crippen molar-refractivity contribution in [3.63, 3.8) is 0 Å². The van der Waals surface area contributed by atoms with E-state index in [2.05, 4.69) is 5.32 Å². The van der Waals surface area contributed by atoms with Crippen LogP contribution in [0.25, 0.3) is 0 Å². The quantitative estimate of drug-likeness (QED) is 0.395. The molecule has 1 aromatic carbocycles. The van der Waals surface area contributed by atoms with Gasteiger partial charge in [-0.15, -0.1) is 0 Å². The van der Waals surface area contributed by atoms with Gasteiger partial charge in [-0.25, -0.2) is 13.6 Å². The zero-order valence-corrected chi connectivity index (χ0v) is 25.5. The summed E-state index contributed by atoms with van der Waals surface area (Å²) in [7, 11) is 0. The molecular formula is C30H43Cl2F2N3O4. The summed E-state index contributed by atoms with van der Waals surface area (Å²) >= 11 is 12.1. The van der Waals surface area contributed by atoms with E-state index >= 15 is 0 Å². The van der Waals surface area contributed by atoms with Gasteiger partial charge in [0.15, 0.2) is 0 Å². The Labute approximate surface area is 251 Å². The van der Waals surface area contributed by atoms with Crippen molar-refractivity contribution in [2.24, 2.45) is 23.2 Å². The lowest BCUT2D eigenvalue weighted by Crippen LogP contribution is -2.49. The molecule has 1 aliphatic carbocycles. The number of alkyl halides is 2. The normalized spacial score (nSPS) is 28.2. The summed E-state index contributed by atoms with van der Waals surface area (Å²) in [5.41, 5.74) is -0.0133. The Bertz CT molecular complexity index is 1070. The molecule has 2 saturated heterocycles. The van der Waals surface area contributed by atoms with Gasteiger partial charge in [0.05, 0.1) is 22.8 Å². The summed E-state index contributed by atoms with van der Waals surface area (Å²) in [6.45, 7) is 6.26. The van der Waals surface area contributed by atoms with Crippen molar-refractivity contribution < 1.29 is 28.2 Å². The fourth-order valence-electron chi connectivity index (χ4n) is 6.20. The van der Waals surface area contributed by atoms with Crippen LogP contribution in [0.15, 0.2) is 18.2 Å². The molecular weight excluding hydrogens is 575 g/mol. The number of piperidine rings is 1. The van der Waals surface area contributed by atoms with Crippen LogP contribution in [-0.4, -0.2) is 78.3 Å². The Morgan fingerprint density at radius 1 is 1.10 bits per heavy atom. The average molecular weight is 619 g/mol. The van der Waals surface area contributed by atoms with E-state index in [-0.39, 0.29) is 49.1 Å². The summed E-state index contributed by atoms with van der Waals surface area (Å²) in [6.07, 6.45) is 2.17. The first-order valence-electron chi connectivity index (χ1n) is 14.8. The molecule has 0 aromatic heterocycles. The van der Waals surface area contributed by atoms with Gasteiger partial charge in [-0.2, -0.15) is 0 Å². The molecule has 3 amide bonds. The van der Waals surface area contributed by atoms with E-state index in [1.165, 1.54) is 0 Å². The number of β-amino-alcohol motifs (C(OH)–C–C–N with tert-alkyl or cyclic N) is 1. The molecule has 0 radical (unpaired) electrons. The number of urea groups is 1. The third-order valence-electron chi connectivity index (χ3n) is 9.09. The summed E-state index contributed by atoms with van der Waals surface area (Å²) in [6, 6.07) is 4.72. The number of aliphatic hydroxyl groups excluding tert-OH is 1. The zero-order chi connectivity index (χ0) is 29.8. The molecule has 0 spiro atoms. The monoisotopic (exact) mass is 617 g/mol. The van der Waals surface area contributed by atoms with Crippen LogP contribution in [0.2, 0.25) is 10.0 Å². The van der Waals surface area contributed by atoms with Crippen molar-refractivity contribution in [3.8, 4) is 0 Å². The van der Waals surface area contributed by atoms with Gasteiger partial charge in [0.2, 0.25) is 11.8 Å². The van der Waals surface area contributed by atoms with Gasteiger partial charge in [0.25, 0.3) is 0 Å². The first kappa shape index (κ1) is 32.2. The highest BCUT2D eigenvalue weighted by molar-refractivity contribution is 6.42. The number of rotatable bonds is 3. The largest absolute Gasteiger partial charge is 0.391 e. The number of nitrogens with zero attached hydrogens (tertiary/aromatic N) is 2. The second-order valence-electron chi connectivity index (χ2n) is 12.8. The minimum atomic E-state index is -2.63. The number of hydrogen-bond donors (Lipinski definition) is 2. The molecule has 7 nitrogen and oxygen atoms in total. The molecule has 0 unspecified atom stereocenters. The highest BCUT2D eigenvalue weighted by atomic mass is 35.5. The zero-order valence-electron chi connectivity index (χ0n) is 24.0. The standard InChI is InChI=1S/C30H43Cl2F2N3O4/c1-29(2)19-41-13-3-4-22-17-36(28(40)35-23-5-6-24(31)25(32)15-23)12-9-21(22)14-27(39)37(18-26(29)38)16-20-7-10-30(33,34)11-8-20/h5-6,15,20-22,26,38H,3-4,7-14,16-19H2,1-2H3,(H,35,40)/t21-,22-,26-/m0/s1. The topological polar surface area (TPSA) is 82.1 Å². The molecule has 3 aliphatic rings. The summed E-state index contributed by atoms with van der Waals surface area (Å²) in [4.78, 5) is 30.4. The Hall–Kier alpha value is -1.68. The van der Waals surface area contributed by atoms with E-state index in [9.17, 15) is 23.5 Å². The van der Waals surface area contributed by atoms with E-state index in [4.69, 9.17) is 27.9 Å². The number of aliphatic hydroxyl groups is 1. The number of carbonyl (C=O) groups excluding carboxylic acids is 2. The summed E-state index contributed by atoms with van der Waals surface area (Å²) in [5, 5.41) is 14.8. The molecule has 2 aliphatic heterocycles.